The van der Waals surface area contributed by atoms with Crippen LogP contribution in [0.2, 0.25) is 0 Å². The van der Waals surface area contributed by atoms with E-state index in [9.17, 15) is 0 Å². The number of anilines is 4. The Hall–Kier alpha value is -2.22. The van der Waals surface area contributed by atoms with Gasteiger partial charge in [-0.25, -0.2) is 0 Å². The molecule has 2 aromatic carbocycles. The maximum atomic E-state index is 3.50. The second kappa shape index (κ2) is 3.64. The minimum atomic E-state index is 1.14. The number of rotatable bonds is 0. The molecule has 0 amide bonds. The fourth-order valence-corrected chi connectivity index (χ4v) is 2.68. The van der Waals surface area contributed by atoms with Crippen molar-refractivity contribution < 1.29 is 0 Å². The van der Waals surface area contributed by atoms with E-state index in [2.05, 4.69) is 59.2 Å². The van der Waals surface area contributed by atoms with Gasteiger partial charge in [-0.15, -0.1) is 0 Å². The number of benzene rings is 2. The van der Waals surface area contributed by atoms with Crippen LogP contribution in [0.15, 0.2) is 42.5 Å². The largest absolute Gasteiger partial charge is 0.352 e. The van der Waals surface area contributed by atoms with Crippen LogP contribution in [0.5, 0.6) is 0 Å². The fraction of sp³-hybridized carbons (Fsp3) is 0.125. The quantitative estimate of drug-likeness (QED) is 0.600. The van der Waals surface area contributed by atoms with Gasteiger partial charge in [0.2, 0.25) is 0 Å². The molecule has 0 spiro atoms. The third-order valence-corrected chi connectivity index (χ3v) is 3.62. The first-order chi connectivity index (χ1) is 8.90. The summed E-state index contributed by atoms with van der Waals surface area (Å²) in [5.41, 5.74) is 7.42. The summed E-state index contributed by atoms with van der Waals surface area (Å²) in [4.78, 5) is 0. The zero-order chi connectivity index (χ0) is 11.9. The van der Waals surface area contributed by atoms with Crippen molar-refractivity contribution >= 4 is 28.8 Å². The maximum Gasteiger partial charge on any atom is 0.0630 e. The highest BCUT2D eigenvalue weighted by molar-refractivity contribution is 5.91. The standard InChI is InChI=1S/C16H14N2/c1-2-6-12-10-16-15(9-11(12)5-1)17-13-7-3-4-8-14(13)18-16/h1,3-5,7-10,17-18H,2,6H2. The van der Waals surface area contributed by atoms with E-state index in [1.165, 1.54) is 22.5 Å². The molecular formula is C16H14N2. The average molecular weight is 234 g/mol. The molecule has 88 valence electrons. The smallest absolute Gasteiger partial charge is 0.0630 e. The van der Waals surface area contributed by atoms with E-state index in [4.69, 9.17) is 0 Å². The molecule has 2 aliphatic rings. The number of fused-ring (bicyclic) bond motifs is 3. The summed E-state index contributed by atoms with van der Waals surface area (Å²) in [5.74, 6) is 0. The normalized spacial score (nSPS) is 14.9. The van der Waals surface area contributed by atoms with Crippen molar-refractivity contribution in [2.75, 3.05) is 10.6 Å². The maximum absolute atomic E-state index is 3.50. The molecule has 1 aliphatic heterocycles. The minimum Gasteiger partial charge on any atom is -0.352 e. The average Bonchev–Trinajstić information content (AvgIpc) is 2.42. The van der Waals surface area contributed by atoms with E-state index in [1.54, 1.807) is 0 Å². The third-order valence-electron chi connectivity index (χ3n) is 3.62. The van der Waals surface area contributed by atoms with Crippen LogP contribution in [0.25, 0.3) is 6.08 Å². The summed E-state index contributed by atoms with van der Waals surface area (Å²) < 4.78 is 0. The summed E-state index contributed by atoms with van der Waals surface area (Å²) in [5, 5.41) is 7.00. The molecule has 0 saturated carbocycles. The molecule has 0 saturated heterocycles. The zero-order valence-corrected chi connectivity index (χ0v) is 10.0. The van der Waals surface area contributed by atoms with Crippen molar-refractivity contribution in [3.63, 3.8) is 0 Å². The Kier molecular flexibility index (Phi) is 1.97. The lowest BCUT2D eigenvalue weighted by Crippen LogP contribution is -2.08. The van der Waals surface area contributed by atoms with Crippen LogP contribution in [0.4, 0.5) is 22.7 Å². The van der Waals surface area contributed by atoms with Crippen molar-refractivity contribution in [1.82, 2.24) is 0 Å². The first-order valence-corrected chi connectivity index (χ1v) is 6.37. The van der Waals surface area contributed by atoms with Gasteiger partial charge in [0, 0.05) is 0 Å². The Labute approximate surface area is 106 Å². The van der Waals surface area contributed by atoms with Gasteiger partial charge in [0.05, 0.1) is 22.7 Å². The summed E-state index contributed by atoms with van der Waals surface area (Å²) in [6, 6.07) is 12.8. The van der Waals surface area contributed by atoms with Gasteiger partial charge in [-0.1, -0.05) is 24.3 Å². The fourth-order valence-electron chi connectivity index (χ4n) is 2.68. The number of hydrogen-bond donors (Lipinski definition) is 2. The molecule has 18 heavy (non-hydrogen) atoms. The summed E-state index contributed by atoms with van der Waals surface area (Å²) in [6.45, 7) is 0. The first-order valence-electron chi connectivity index (χ1n) is 6.37. The summed E-state index contributed by atoms with van der Waals surface area (Å²) >= 11 is 0. The summed E-state index contributed by atoms with van der Waals surface area (Å²) in [6.07, 6.45) is 6.76. The zero-order valence-electron chi connectivity index (χ0n) is 10.0. The van der Waals surface area contributed by atoms with Gasteiger partial charge in [0.1, 0.15) is 0 Å². The molecule has 2 heteroatoms. The lowest BCUT2D eigenvalue weighted by molar-refractivity contribution is 0.986. The lowest BCUT2D eigenvalue weighted by Gasteiger charge is -2.25. The molecule has 2 aromatic rings. The predicted molar refractivity (Wildman–Crippen MR) is 76.8 cm³/mol. The van der Waals surface area contributed by atoms with Gasteiger partial charge >= 0.3 is 0 Å². The Balaban J connectivity index is 1.84. The highest BCUT2D eigenvalue weighted by Crippen LogP contribution is 2.40. The van der Waals surface area contributed by atoms with Crippen molar-refractivity contribution in [3.05, 3.63) is 53.6 Å². The summed E-state index contributed by atoms with van der Waals surface area (Å²) in [7, 11) is 0. The van der Waals surface area contributed by atoms with Crippen LogP contribution >= 0.6 is 0 Å². The predicted octanol–water partition coefficient (Wildman–Crippen LogP) is 4.45. The van der Waals surface area contributed by atoms with Gasteiger partial charge in [0.15, 0.2) is 0 Å². The monoisotopic (exact) mass is 234 g/mol. The molecular weight excluding hydrogens is 220 g/mol. The van der Waals surface area contributed by atoms with Crippen molar-refractivity contribution in [1.29, 1.82) is 0 Å². The number of allylic oxidation sites excluding steroid dienone is 1. The number of hydrogen-bond acceptors (Lipinski definition) is 2. The van der Waals surface area contributed by atoms with Crippen molar-refractivity contribution in [2.45, 2.75) is 12.8 Å². The van der Waals surface area contributed by atoms with E-state index < -0.39 is 0 Å². The molecule has 1 aliphatic carbocycles. The van der Waals surface area contributed by atoms with E-state index >= 15 is 0 Å². The molecule has 4 rings (SSSR count). The van der Waals surface area contributed by atoms with Gasteiger partial charge in [-0.3, -0.25) is 0 Å². The van der Waals surface area contributed by atoms with Gasteiger partial charge in [0.25, 0.3) is 0 Å². The molecule has 0 radical (unpaired) electrons. The van der Waals surface area contributed by atoms with Crippen molar-refractivity contribution in [2.24, 2.45) is 0 Å². The van der Waals surface area contributed by atoms with E-state index in [1.807, 2.05) is 0 Å². The molecule has 2 N–H and O–H groups in total. The molecule has 0 fully saturated rings. The van der Waals surface area contributed by atoms with Crippen LogP contribution < -0.4 is 10.6 Å². The van der Waals surface area contributed by atoms with Gasteiger partial charge < -0.3 is 10.6 Å². The highest BCUT2D eigenvalue weighted by Gasteiger charge is 2.16. The molecule has 0 aromatic heterocycles. The van der Waals surface area contributed by atoms with Crippen LogP contribution in [0.3, 0.4) is 0 Å². The SMILES string of the molecule is C1=Cc2cc3c(cc2CC1)Nc1ccccc1N3. The number of para-hydroxylation sites is 2. The van der Waals surface area contributed by atoms with Gasteiger partial charge in [-0.05, 0) is 48.2 Å². The lowest BCUT2D eigenvalue weighted by atomic mass is 9.95. The molecule has 2 nitrogen and oxygen atoms in total. The Morgan fingerprint density at radius 1 is 0.833 bits per heavy atom. The Morgan fingerprint density at radius 3 is 2.33 bits per heavy atom. The Bertz CT molecular complexity index is 656. The second-order valence-corrected chi connectivity index (χ2v) is 4.83. The topological polar surface area (TPSA) is 24.1 Å². The second-order valence-electron chi connectivity index (χ2n) is 4.83. The minimum absolute atomic E-state index is 1.14. The number of aryl methyl sites for hydroxylation is 1. The van der Waals surface area contributed by atoms with Crippen LogP contribution in [0, 0.1) is 0 Å². The van der Waals surface area contributed by atoms with E-state index in [-0.39, 0.29) is 0 Å². The Morgan fingerprint density at radius 2 is 1.56 bits per heavy atom. The van der Waals surface area contributed by atoms with E-state index in [0.29, 0.717) is 0 Å². The molecule has 0 atom stereocenters. The molecule has 1 heterocycles. The van der Waals surface area contributed by atoms with Gasteiger partial charge in [-0.2, -0.15) is 0 Å². The third kappa shape index (κ3) is 1.42. The van der Waals surface area contributed by atoms with Crippen LogP contribution in [-0.4, -0.2) is 0 Å². The first kappa shape index (κ1) is 9.77. The van der Waals surface area contributed by atoms with Crippen LogP contribution in [-0.2, 0) is 6.42 Å². The molecule has 0 bridgehead atoms. The molecule has 0 unspecified atom stereocenters. The highest BCUT2D eigenvalue weighted by atomic mass is 15.0. The van der Waals surface area contributed by atoms with Crippen molar-refractivity contribution in [3.8, 4) is 0 Å². The van der Waals surface area contributed by atoms with Crippen LogP contribution in [0.1, 0.15) is 17.5 Å². The van der Waals surface area contributed by atoms with E-state index in [0.717, 1.165) is 24.2 Å². The number of nitrogens with one attached hydrogen (secondary N) is 2.